The normalized spacial score (nSPS) is 15.4. The second-order valence-electron chi connectivity index (χ2n) is 3.87. The van der Waals surface area contributed by atoms with Crippen LogP contribution in [-0.4, -0.2) is 0 Å². The molecule has 1 aliphatic rings. The van der Waals surface area contributed by atoms with Gasteiger partial charge in [-0.25, -0.2) is 0 Å². The standard InChI is InChI=1S/C14H8Cl2N2/c15-13-11-7-2-1-5-9(11)10-6-3-4-8-12(10)17-18-14(13)16/h1-8H/b10-9?,13-11?,14-13?,17-12?,18-14?,18-17-. The quantitative estimate of drug-likeness (QED) is 0.563. The number of benzene rings is 2. The van der Waals surface area contributed by atoms with Crippen molar-refractivity contribution in [1.82, 2.24) is 0 Å². The number of nitrogens with zero attached hydrogens (tertiary/aromatic N) is 2. The van der Waals surface area contributed by atoms with Gasteiger partial charge in [-0.2, -0.15) is 0 Å². The van der Waals surface area contributed by atoms with Gasteiger partial charge in [0.1, 0.15) is 0 Å². The zero-order chi connectivity index (χ0) is 12.5. The summed E-state index contributed by atoms with van der Waals surface area (Å²) in [5.74, 6) is 0. The van der Waals surface area contributed by atoms with Crippen molar-refractivity contribution < 1.29 is 0 Å². The Morgan fingerprint density at radius 3 is 2.06 bits per heavy atom. The highest BCUT2D eigenvalue weighted by atomic mass is 35.5. The SMILES string of the molecule is ClC1=C(Cl)c2ccccc2-c2ccccc2/N=N\1. The van der Waals surface area contributed by atoms with Gasteiger partial charge in [0.15, 0.2) is 5.16 Å². The summed E-state index contributed by atoms with van der Waals surface area (Å²) in [5, 5.41) is 8.70. The van der Waals surface area contributed by atoms with Crippen LogP contribution in [0.5, 0.6) is 0 Å². The van der Waals surface area contributed by atoms with E-state index in [1.54, 1.807) is 0 Å². The molecule has 2 aromatic carbocycles. The van der Waals surface area contributed by atoms with Gasteiger partial charge < -0.3 is 0 Å². The van der Waals surface area contributed by atoms with Crippen LogP contribution in [0.15, 0.2) is 63.9 Å². The van der Waals surface area contributed by atoms with Gasteiger partial charge in [-0.3, -0.25) is 0 Å². The van der Waals surface area contributed by atoms with Crippen LogP contribution in [-0.2, 0) is 0 Å². The van der Waals surface area contributed by atoms with E-state index in [-0.39, 0.29) is 5.16 Å². The molecule has 88 valence electrons. The number of azo groups is 1. The van der Waals surface area contributed by atoms with Gasteiger partial charge in [0.2, 0.25) is 0 Å². The van der Waals surface area contributed by atoms with Crippen molar-refractivity contribution in [2.24, 2.45) is 10.2 Å². The van der Waals surface area contributed by atoms with E-state index in [9.17, 15) is 0 Å². The smallest absolute Gasteiger partial charge is 0.149 e. The first-order chi connectivity index (χ1) is 8.77. The Hall–Kier alpha value is -1.64. The van der Waals surface area contributed by atoms with E-state index < -0.39 is 0 Å². The highest BCUT2D eigenvalue weighted by Gasteiger charge is 2.15. The van der Waals surface area contributed by atoms with Crippen molar-refractivity contribution in [2.45, 2.75) is 0 Å². The lowest BCUT2D eigenvalue weighted by Crippen LogP contribution is -1.89. The Morgan fingerprint density at radius 1 is 0.667 bits per heavy atom. The number of fused-ring (bicyclic) bond motifs is 3. The second-order valence-corrected chi connectivity index (χ2v) is 4.60. The van der Waals surface area contributed by atoms with Crippen molar-refractivity contribution in [1.29, 1.82) is 0 Å². The number of hydrogen-bond acceptors (Lipinski definition) is 2. The van der Waals surface area contributed by atoms with Crippen LogP contribution in [0.2, 0.25) is 0 Å². The fraction of sp³-hybridized carbons (Fsp3) is 0. The zero-order valence-corrected chi connectivity index (χ0v) is 10.8. The molecule has 0 saturated carbocycles. The molecule has 0 radical (unpaired) electrons. The van der Waals surface area contributed by atoms with Crippen molar-refractivity contribution in [2.75, 3.05) is 0 Å². The first kappa shape index (κ1) is 11.5. The average molecular weight is 275 g/mol. The van der Waals surface area contributed by atoms with E-state index in [0.717, 1.165) is 22.4 Å². The predicted molar refractivity (Wildman–Crippen MR) is 75.0 cm³/mol. The van der Waals surface area contributed by atoms with Gasteiger partial charge >= 0.3 is 0 Å². The highest BCUT2D eigenvalue weighted by molar-refractivity contribution is 6.55. The number of rotatable bonds is 0. The summed E-state index contributed by atoms with van der Waals surface area (Å²) in [6.07, 6.45) is 0. The average Bonchev–Trinajstić information content (AvgIpc) is 2.43. The Balaban J connectivity index is 2.39. The molecule has 2 aromatic rings. The molecule has 0 N–H and O–H groups in total. The zero-order valence-electron chi connectivity index (χ0n) is 9.27. The molecule has 3 rings (SSSR count). The minimum absolute atomic E-state index is 0.207. The molecule has 0 amide bonds. The molecule has 0 fully saturated rings. The molecule has 18 heavy (non-hydrogen) atoms. The molecular weight excluding hydrogens is 267 g/mol. The van der Waals surface area contributed by atoms with Crippen LogP contribution < -0.4 is 0 Å². The molecule has 0 bridgehead atoms. The van der Waals surface area contributed by atoms with Crippen molar-refractivity contribution in [3.8, 4) is 11.1 Å². The van der Waals surface area contributed by atoms with Crippen LogP contribution in [0.3, 0.4) is 0 Å². The van der Waals surface area contributed by atoms with E-state index >= 15 is 0 Å². The van der Waals surface area contributed by atoms with Gasteiger partial charge in [0.05, 0.1) is 10.7 Å². The Morgan fingerprint density at radius 2 is 1.28 bits per heavy atom. The molecule has 0 unspecified atom stereocenters. The van der Waals surface area contributed by atoms with Crippen LogP contribution in [0.4, 0.5) is 5.69 Å². The topological polar surface area (TPSA) is 24.7 Å². The maximum atomic E-state index is 6.24. The lowest BCUT2D eigenvalue weighted by molar-refractivity contribution is 1.21. The minimum Gasteiger partial charge on any atom is -0.149 e. The Labute approximate surface area is 115 Å². The summed E-state index contributed by atoms with van der Waals surface area (Å²) in [6, 6.07) is 15.6. The summed E-state index contributed by atoms with van der Waals surface area (Å²) in [6.45, 7) is 0. The fourth-order valence-electron chi connectivity index (χ4n) is 1.95. The van der Waals surface area contributed by atoms with Gasteiger partial charge in [0.25, 0.3) is 0 Å². The molecule has 0 saturated heterocycles. The van der Waals surface area contributed by atoms with Crippen LogP contribution >= 0.6 is 23.2 Å². The van der Waals surface area contributed by atoms with Crippen LogP contribution in [0, 0.1) is 0 Å². The third kappa shape index (κ3) is 1.84. The molecule has 1 heterocycles. The van der Waals surface area contributed by atoms with Crippen LogP contribution in [0.25, 0.3) is 16.2 Å². The number of halogens is 2. The van der Waals surface area contributed by atoms with Gasteiger partial charge in [-0.05, 0) is 11.6 Å². The summed E-state index contributed by atoms with van der Waals surface area (Å²) in [7, 11) is 0. The van der Waals surface area contributed by atoms with Gasteiger partial charge in [-0.15, -0.1) is 10.2 Å². The Kier molecular flexibility index (Phi) is 2.90. The summed E-state index contributed by atoms with van der Waals surface area (Å²) in [5.41, 5.74) is 3.66. The summed E-state index contributed by atoms with van der Waals surface area (Å²) in [4.78, 5) is 0. The second kappa shape index (κ2) is 4.56. The number of hydrogen-bond donors (Lipinski definition) is 0. The molecule has 0 spiro atoms. The Bertz CT molecular complexity index is 675. The maximum absolute atomic E-state index is 6.24. The molecule has 0 aromatic heterocycles. The summed E-state index contributed by atoms with van der Waals surface area (Å²) < 4.78 is 0. The third-order valence-corrected chi connectivity index (χ3v) is 3.53. The first-order valence-corrected chi connectivity index (χ1v) is 6.19. The monoisotopic (exact) mass is 274 g/mol. The molecule has 1 aliphatic heterocycles. The fourth-order valence-corrected chi connectivity index (χ4v) is 2.29. The van der Waals surface area contributed by atoms with Gasteiger partial charge in [0, 0.05) is 11.1 Å². The van der Waals surface area contributed by atoms with E-state index in [0.29, 0.717) is 5.03 Å². The van der Waals surface area contributed by atoms with Crippen molar-refractivity contribution in [3.05, 3.63) is 59.3 Å². The van der Waals surface area contributed by atoms with Crippen LogP contribution in [0.1, 0.15) is 5.56 Å². The molecule has 0 atom stereocenters. The molecule has 4 heteroatoms. The maximum Gasteiger partial charge on any atom is 0.170 e. The molecular formula is C14H8Cl2N2. The first-order valence-electron chi connectivity index (χ1n) is 5.43. The minimum atomic E-state index is 0.207. The van der Waals surface area contributed by atoms with Crippen molar-refractivity contribution in [3.63, 3.8) is 0 Å². The van der Waals surface area contributed by atoms with E-state index in [1.807, 2.05) is 48.5 Å². The molecule has 0 aliphatic carbocycles. The lowest BCUT2D eigenvalue weighted by Gasteiger charge is -2.13. The van der Waals surface area contributed by atoms with E-state index in [2.05, 4.69) is 10.2 Å². The third-order valence-electron chi connectivity index (χ3n) is 2.78. The van der Waals surface area contributed by atoms with Gasteiger partial charge in [-0.1, -0.05) is 65.7 Å². The molecule has 2 nitrogen and oxygen atoms in total. The summed E-state index contributed by atoms with van der Waals surface area (Å²) >= 11 is 12.3. The predicted octanol–water partition coefficient (Wildman–Crippen LogP) is 5.55. The van der Waals surface area contributed by atoms with E-state index in [1.165, 1.54) is 0 Å². The van der Waals surface area contributed by atoms with Crippen molar-refractivity contribution >= 4 is 33.9 Å². The highest BCUT2D eigenvalue weighted by Crippen LogP contribution is 2.40. The van der Waals surface area contributed by atoms with E-state index in [4.69, 9.17) is 23.2 Å². The largest absolute Gasteiger partial charge is 0.170 e. The lowest BCUT2D eigenvalue weighted by atomic mass is 9.98.